The van der Waals surface area contributed by atoms with Crippen LogP contribution in [0, 0.1) is 0 Å². The van der Waals surface area contributed by atoms with Gasteiger partial charge in [-0.05, 0) is 18.7 Å². The van der Waals surface area contributed by atoms with E-state index in [1.54, 1.807) is 29.2 Å². The van der Waals surface area contributed by atoms with Gasteiger partial charge in [0.2, 0.25) is 0 Å². The molecule has 1 fully saturated rings. The molecule has 1 aromatic rings. The Morgan fingerprint density at radius 1 is 1.20 bits per heavy atom. The number of benzene rings is 1. The number of ketones is 1. The average Bonchev–Trinajstić information content (AvgIpc) is 2.53. The molecule has 0 aromatic heterocycles. The van der Waals surface area contributed by atoms with Gasteiger partial charge in [-0.3, -0.25) is 9.59 Å². The monoisotopic (exact) mass is 276 g/mol. The minimum atomic E-state index is -0.464. The molecule has 5 nitrogen and oxygen atoms in total. The maximum atomic E-state index is 12.2. The predicted octanol–water partition coefficient (Wildman–Crippen LogP) is 1.04. The standard InChI is InChI=1S/C15H20N2O3/c1-3-16-7-9-17(10-8-16)15(19)14(18)12-5-4-6-13(11-12)20-2/h4-6,11H,3,7-10H2,1-2H3. The van der Waals surface area contributed by atoms with Crippen LogP contribution in [0.5, 0.6) is 5.75 Å². The first-order chi connectivity index (χ1) is 9.65. The molecule has 0 spiro atoms. The highest BCUT2D eigenvalue weighted by Crippen LogP contribution is 2.14. The number of methoxy groups -OCH3 is 1. The van der Waals surface area contributed by atoms with Crippen molar-refractivity contribution in [1.82, 2.24) is 9.80 Å². The lowest BCUT2D eigenvalue weighted by atomic mass is 10.1. The largest absolute Gasteiger partial charge is 0.497 e. The Hall–Kier alpha value is -1.88. The lowest BCUT2D eigenvalue weighted by Crippen LogP contribution is -2.50. The Labute approximate surface area is 119 Å². The Kier molecular flexibility index (Phi) is 4.74. The number of amides is 1. The summed E-state index contributed by atoms with van der Waals surface area (Å²) in [4.78, 5) is 28.3. The zero-order valence-electron chi connectivity index (χ0n) is 12.0. The van der Waals surface area contributed by atoms with Gasteiger partial charge in [0.25, 0.3) is 11.7 Å². The average molecular weight is 276 g/mol. The zero-order chi connectivity index (χ0) is 14.5. The van der Waals surface area contributed by atoms with E-state index in [0.717, 1.165) is 19.6 Å². The summed E-state index contributed by atoms with van der Waals surface area (Å²) in [5.41, 5.74) is 0.382. The summed E-state index contributed by atoms with van der Waals surface area (Å²) in [6.07, 6.45) is 0. The highest BCUT2D eigenvalue weighted by atomic mass is 16.5. The zero-order valence-corrected chi connectivity index (χ0v) is 12.0. The molecule has 0 unspecified atom stereocenters. The van der Waals surface area contributed by atoms with Gasteiger partial charge in [0.1, 0.15) is 5.75 Å². The molecule has 0 bridgehead atoms. The summed E-state index contributed by atoms with van der Waals surface area (Å²) in [5, 5.41) is 0. The topological polar surface area (TPSA) is 49.9 Å². The first-order valence-electron chi connectivity index (χ1n) is 6.85. The molecular formula is C15H20N2O3. The van der Waals surface area contributed by atoms with Crippen molar-refractivity contribution >= 4 is 11.7 Å². The molecule has 2 rings (SSSR count). The third-order valence-electron chi connectivity index (χ3n) is 3.63. The fourth-order valence-electron chi connectivity index (χ4n) is 2.30. The van der Waals surface area contributed by atoms with Crippen molar-refractivity contribution < 1.29 is 14.3 Å². The van der Waals surface area contributed by atoms with Crippen LogP contribution in [0.3, 0.4) is 0 Å². The molecule has 1 aliphatic heterocycles. The number of ether oxygens (including phenoxy) is 1. The number of Topliss-reactive ketones (excluding diaryl/α,β-unsaturated/α-hetero) is 1. The molecule has 0 aliphatic carbocycles. The van der Waals surface area contributed by atoms with Crippen LogP contribution >= 0.6 is 0 Å². The van der Waals surface area contributed by atoms with Gasteiger partial charge in [-0.25, -0.2) is 0 Å². The SMILES string of the molecule is CCN1CCN(C(=O)C(=O)c2cccc(OC)c2)CC1. The van der Waals surface area contributed by atoms with Gasteiger partial charge >= 0.3 is 0 Å². The van der Waals surface area contributed by atoms with E-state index >= 15 is 0 Å². The van der Waals surface area contributed by atoms with E-state index in [2.05, 4.69) is 11.8 Å². The van der Waals surface area contributed by atoms with Crippen molar-refractivity contribution in [1.29, 1.82) is 0 Å². The van der Waals surface area contributed by atoms with E-state index in [-0.39, 0.29) is 0 Å². The minimum absolute atomic E-state index is 0.382. The molecule has 1 heterocycles. The van der Waals surface area contributed by atoms with E-state index in [1.807, 2.05) is 0 Å². The molecule has 1 saturated heterocycles. The Bertz CT molecular complexity index is 494. The maximum Gasteiger partial charge on any atom is 0.295 e. The van der Waals surface area contributed by atoms with Crippen molar-refractivity contribution in [2.24, 2.45) is 0 Å². The van der Waals surface area contributed by atoms with Crippen LogP contribution in [0.1, 0.15) is 17.3 Å². The van der Waals surface area contributed by atoms with Crippen molar-refractivity contribution in [2.75, 3.05) is 39.8 Å². The third-order valence-corrected chi connectivity index (χ3v) is 3.63. The Balaban J connectivity index is 2.03. The molecule has 0 radical (unpaired) electrons. The van der Waals surface area contributed by atoms with Crippen LogP contribution < -0.4 is 4.74 Å². The number of carbonyl (C=O) groups excluding carboxylic acids is 2. The second kappa shape index (κ2) is 6.52. The quantitative estimate of drug-likeness (QED) is 0.609. The lowest BCUT2D eigenvalue weighted by Gasteiger charge is -2.33. The van der Waals surface area contributed by atoms with E-state index in [0.29, 0.717) is 24.4 Å². The molecule has 1 amide bonds. The molecule has 20 heavy (non-hydrogen) atoms. The first-order valence-corrected chi connectivity index (χ1v) is 6.85. The summed E-state index contributed by atoms with van der Waals surface area (Å²) in [6, 6.07) is 6.71. The van der Waals surface area contributed by atoms with Crippen molar-refractivity contribution in [3.8, 4) is 5.75 Å². The summed E-state index contributed by atoms with van der Waals surface area (Å²) < 4.78 is 5.08. The van der Waals surface area contributed by atoms with Crippen LogP contribution in [0.2, 0.25) is 0 Å². The molecule has 108 valence electrons. The summed E-state index contributed by atoms with van der Waals surface area (Å²) >= 11 is 0. The fourth-order valence-corrected chi connectivity index (χ4v) is 2.30. The summed E-state index contributed by atoms with van der Waals surface area (Å²) in [5.74, 6) is -0.303. The highest BCUT2D eigenvalue weighted by molar-refractivity contribution is 6.42. The van der Waals surface area contributed by atoms with Crippen LogP contribution in [0.15, 0.2) is 24.3 Å². The third kappa shape index (κ3) is 3.17. The molecule has 1 aromatic carbocycles. The van der Waals surface area contributed by atoms with Crippen molar-refractivity contribution in [3.05, 3.63) is 29.8 Å². The van der Waals surface area contributed by atoms with Gasteiger partial charge in [-0.15, -0.1) is 0 Å². The number of hydrogen-bond donors (Lipinski definition) is 0. The maximum absolute atomic E-state index is 12.2. The highest BCUT2D eigenvalue weighted by Gasteiger charge is 2.26. The van der Waals surface area contributed by atoms with Crippen molar-refractivity contribution in [3.63, 3.8) is 0 Å². The van der Waals surface area contributed by atoms with E-state index in [4.69, 9.17) is 4.74 Å². The second-order valence-corrected chi connectivity index (χ2v) is 4.79. The van der Waals surface area contributed by atoms with Crippen molar-refractivity contribution in [2.45, 2.75) is 6.92 Å². The number of likely N-dealkylation sites (N-methyl/N-ethyl adjacent to an activating group) is 1. The van der Waals surface area contributed by atoms with Gasteiger partial charge in [0.05, 0.1) is 7.11 Å². The Morgan fingerprint density at radius 3 is 2.50 bits per heavy atom. The van der Waals surface area contributed by atoms with Gasteiger partial charge in [0, 0.05) is 31.7 Å². The number of hydrogen-bond acceptors (Lipinski definition) is 4. The van der Waals surface area contributed by atoms with Crippen LogP contribution in [0.25, 0.3) is 0 Å². The number of carbonyl (C=O) groups is 2. The predicted molar refractivity (Wildman–Crippen MR) is 76.0 cm³/mol. The summed E-state index contributed by atoms with van der Waals surface area (Å²) in [7, 11) is 1.54. The summed E-state index contributed by atoms with van der Waals surface area (Å²) in [6.45, 7) is 5.96. The lowest BCUT2D eigenvalue weighted by molar-refractivity contribution is -0.128. The van der Waals surface area contributed by atoms with E-state index in [1.165, 1.54) is 7.11 Å². The van der Waals surface area contributed by atoms with Crippen LogP contribution in [0.4, 0.5) is 0 Å². The fraction of sp³-hybridized carbons (Fsp3) is 0.467. The van der Waals surface area contributed by atoms with Gasteiger partial charge < -0.3 is 14.5 Å². The van der Waals surface area contributed by atoms with Crippen LogP contribution in [-0.2, 0) is 4.79 Å². The van der Waals surface area contributed by atoms with Gasteiger partial charge in [-0.2, -0.15) is 0 Å². The normalized spacial score (nSPS) is 16.0. The second-order valence-electron chi connectivity index (χ2n) is 4.79. The molecule has 5 heteroatoms. The Morgan fingerprint density at radius 2 is 1.90 bits per heavy atom. The number of rotatable bonds is 4. The van der Waals surface area contributed by atoms with Crippen LogP contribution in [-0.4, -0.2) is 61.3 Å². The molecule has 0 saturated carbocycles. The molecular weight excluding hydrogens is 256 g/mol. The molecule has 1 aliphatic rings. The minimum Gasteiger partial charge on any atom is -0.497 e. The number of piperazine rings is 1. The van der Waals surface area contributed by atoms with Gasteiger partial charge in [0.15, 0.2) is 0 Å². The van der Waals surface area contributed by atoms with Gasteiger partial charge in [-0.1, -0.05) is 19.1 Å². The number of nitrogens with zero attached hydrogens (tertiary/aromatic N) is 2. The smallest absolute Gasteiger partial charge is 0.295 e. The molecule has 0 atom stereocenters. The van der Waals surface area contributed by atoms with E-state index < -0.39 is 11.7 Å². The molecule has 0 N–H and O–H groups in total. The first kappa shape index (κ1) is 14.5. The van der Waals surface area contributed by atoms with E-state index in [9.17, 15) is 9.59 Å².